The maximum Gasteiger partial charge on any atom is 0.123 e. The number of para-hydroxylation sites is 1. The second kappa shape index (κ2) is 3.38. The zero-order valence-corrected chi connectivity index (χ0v) is 7.88. The minimum atomic E-state index is 0.361. The van der Waals surface area contributed by atoms with E-state index in [0.717, 1.165) is 24.1 Å². The Balaban J connectivity index is 2.33. The molecule has 2 heteroatoms. The average molecular weight is 177 g/mol. The van der Waals surface area contributed by atoms with Crippen LogP contribution in [0.1, 0.15) is 30.0 Å². The van der Waals surface area contributed by atoms with E-state index in [0.29, 0.717) is 11.8 Å². The highest BCUT2D eigenvalue weighted by Gasteiger charge is 2.19. The molecule has 1 aliphatic rings. The zero-order chi connectivity index (χ0) is 9.26. The molecule has 0 amide bonds. The molecule has 70 valence electrons. The van der Waals surface area contributed by atoms with E-state index in [1.165, 1.54) is 6.42 Å². The van der Waals surface area contributed by atoms with Crippen molar-refractivity contribution in [1.29, 1.82) is 0 Å². The Bertz CT molecular complexity index is 303. The Morgan fingerprint density at radius 3 is 3.00 bits per heavy atom. The summed E-state index contributed by atoms with van der Waals surface area (Å²) in [5.74, 6) is 0.460. The number of rotatable bonds is 1. The summed E-state index contributed by atoms with van der Waals surface area (Å²) >= 11 is 0. The van der Waals surface area contributed by atoms with Gasteiger partial charge < -0.3 is 10.4 Å². The standard InChI is InChI=1S/C11H15NO/c1-8-4-2-5-9(11(8)13)10-6-3-7-12-10/h2,4-5,10,12-13H,3,6-7H2,1H3/t10-/m1/s1. The highest BCUT2D eigenvalue weighted by molar-refractivity contribution is 5.41. The first kappa shape index (κ1) is 8.57. The van der Waals surface area contributed by atoms with Crippen molar-refractivity contribution in [2.45, 2.75) is 25.8 Å². The minimum Gasteiger partial charge on any atom is -0.507 e. The van der Waals surface area contributed by atoms with Crippen molar-refractivity contribution in [2.24, 2.45) is 0 Å². The summed E-state index contributed by atoms with van der Waals surface area (Å²) in [6.07, 6.45) is 2.34. The molecule has 1 aromatic carbocycles. The van der Waals surface area contributed by atoms with Gasteiger partial charge in [-0.05, 0) is 31.9 Å². The first-order chi connectivity index (χ1) is 6.29. The maximum absolute atomic E-state index is 9.82. The van der Waals surface area contributed by atoms with Crippen LogP contribution in [0.4, 0.5) is 0 Å². The fraction of sp³-hybridized carbons (Fsp3) is 0.455. The smallest absolute Gasteiger partial charge is 0.123 e. The summed E-state index contributed by atoms with van der Waals surface area (Å²) in [5, 5.41) is 13.2. The summed E-state index contributed by atoms with van der Waals surface area (Å²) in [5.41, 5.74) is 2.02. The highest BCUT2D eigenvalue weighted by Crippen LogP contribution is 2.31. The molecule has 0 bridgehead atoms. The van der Waals surface area contributed by atoms with Crippen LogP contribution in [-0.4, -0.2) is 11.7 Å². The lowest BCUT2D eigenvalue weighted by Crippen LogP contribution is -2.13. The van der Waals surface area contributed by atoms with Crippen LogP contribution in [0.3, 0.4) is 0 Å². The third-order valence-corrected chi connectivity index (χ3v) is 2.70. The third-order valence-electron chi connectivity index (χ3n) is 2.70. The average Bonchev–Trinajstić information content (AvgIpc) is 2.62. The van der Waals surface area contributed by atoms with Gasteiger partial charge in [0, 0.05) is 11.6 Å². The summed E-state index contributed by atoms with van der Waals surface area (Å²) in [7, 11) is 0. The normalized spacial score (nSPS) is 22.1. The lowest BCUT2D eigenvalue weighted by atomic mass is 10.0. The Morgan fingerprint density at radius 1 is 1.46 bits per heavy atom. The molecule has 0 aromatic heterocycles. The van der Waals surface area contributed by atoms with Crippen LogP contribution in [-0.2, 0) is 0 Å². The molecule has 2 N–H and O–H groups in total. The Labute approximate surface area is 78.6 Å². The van der Waals surface area contributed by atoms with Crippen LogP contribution in [0.2, 0.25) is 0 Å². The van der Waals surface area contributed by atoms with Crippen LogP contribution in [0.5, 0.6) is 5.75 Å². The van der Waals surface area contributed by atoms with Gasteiger partial charge >= 0.3 is 0 Å². The van der Waals surface area contributed by atoms with E-state index in [4.69, 9.17) is 0 Å². The SMILES string of the molecule is Cc1cccc([C@H]2CCCN2)c1O. The molecule has 0 spiro atoms. The van der Waals surface area contributed by atoms with Gasteiger partial charge in [0.25, 0.3) is 0 Å². The van der Waals surface area contributed by atoms with E-state index in [2.05, 4.69) is 5.32 Å². The molecule has 1 atom stereocenters. The number of aryl methyl sites for hydroxylation is 1. The molecule has 2 nitrogen and oxygen atoms in total. The lowest BCUT2D eigenvalue weighted by Gasteiger charge is -2.13. The van der Waals surface area contributed by atoms with Crippen molar-refractivity contribution in [2.75, 3.05) is 6.54 Å². The second-order valence-electron chi connectivity index (χ2n) is 3.66. The fourth-order valence-electron chi connectivity index (χ4n) is 1.91. The van der Waals surface area contributed by atoms with Crippen LogP contribution in [0.15, 0.2) is 18.2 Å². The first-order valence-electron chi connectivity index (χ1n) is 4.81. The van der Waals surface area contributed by atoms with Gasteiger partial charge in [0.05, 0.1) is 0 Å². The molecule has 13 heavy (non-hydrogen) atoms. The van der Waals surface area contributed by atoms with Gasteiger partial charge in [0.2, 0.25) is 0 Å². The van der Waals surface area contributed by atoms with Gasteiger partial charge in [-0.1, -0.05) is 18.2 Å². The number of hydrogen-bond donors (Lipinski definition) is 2. The van der Waals surface area contributed by atoms with E-state index in [1.54, 1.807) is 0 Å². The van der Waals surface area contributed by atoms with E-state index in [-0.39, 0.29) is 0 Å². The summed E-state index contributed by atoms with van der Waals surface area (Å²) in [4.78, 5) is 0. The Morgan fingerprint density at radius 2 is 2.31 bits per heavy atom. The predicted octanol–water partition coefficient (Wildman–Crippen LogP) is 2.13. The van der Waals surface area contributed by atoms with Crippen molar-refractivity contribution in [1.82, 2.24) is 5.32 Å². The molecule has 2 rings (SSSR count). The molecule has 1 heterocycles. The second-order valence-corrected chi connectivity index (χ2v) is 3.66. The Kier molecular flexibility index (Phi) is 2.23. The predicted molar refractivity (Wildman–Crippen MR) is 52.8 cm³/mol. The molecule has 0 radical (unpaired) electrons. The summed E-state index contributed by atoms with van der Waals surface area (Å²) in [6, 6.07) is 6.31. The van der Waals surface area contributed by atoms with Gasteiger partial charge in [-0.15, -0.1) is 0 Å². The molecule has 0 aliphatic carbocycles. The fourth-order valence-corrected chi connectivity index (χ4v) is 1.91. The van der Waals surface area contributed by atoms with Crippen molar-refractivity contribution < 1.29 is 5.11 Å². The lowest BCUT2D eigenvalue weighted by molar-refractivity contribution is 0.453. The molecule has 1 aliphatic heterocycles. The van der Waals surface area contributed by atoms with E-state index in [9.17, 15) is 5.11 Å². The maximum atomic E-state index is 9.82. The largest absolute Gasteiger partial charge is 0.507 e. The Hall–Kier alpha value is -1.02. The number of aromatic hydroxyl groups is 1. The monoisotopic (exact) mass is 177 g/mol. The molecule has 1 fully saturated rings. The van der Waals surface area contributed by atoms with E-state index >= 15 is 0 Å². The quantitative estimate of drug-likeness (QED) is 0.688. The van der Waals surface area contributed by atoms with Crippen LogP contribution < -0.4 is 5.32 Å². The zero-order valence-electron chi connectivity index (χ0n) is 7.88. The first-order valence-corrected chi connectivity index (χ1v) is 4.81. The molecule has 0 saturated carbocycles. The van der Waals surface area contributed by atoms with E-state index < -0.39 is 0 Å². The van der Waals surface area contributed by atoms with Crippen molar-refractivity contribution in [3.8, 4) is 5.75 Å². The van der Waals surface area contributed by atoms with Crippen LogP contribution in [0.25, 0.3) is 0 Å². The van der Waals surface area contributed by atoms with Gasteiger partial charge in [0.1, 0.15) is 5.75 Å². The molecular formula is C11H15NO. The molecular weight excluding hydrogens is 162 g/mol. The van der Waals surface area contributed by atoms with Crippen molar-refractivity contribution in [3.05, 3.63) is 29.3 Å². The number of benzene rings is 1. The summed E-state index contributed by atoms with van der Waals surface area (Å²) in [6.45, 7) is 3.01. The van der Waals surface area contributed by atoms with Gasteiger partial charge in [-0.3, -0.25) is 0 Å². The molecule has 1 aromatic rings. The van der Waals surface area contributed by atoms with Crippen molar-refractivity contribution >= 4 is 0 Å². The number of nitrogens with one attached hydrogen (secondary N) is 1. The minimum absolute atomic E-state index is 0.361. The van der Waals surface area contributed by atoms with Gasteiger partial charge in [-0.2, -0.15) is 0 Å². The third kappa shape index (κ3) is 1.54. The summed E-state index contributed by atoms with van der Waals surface area (Å²) < 4.78 is 0. The van der Waals surface area contributed by atoms with Crippen LogP contribution >= 0.6 is 0 Å². The number of phenolic OH excluding ortho intramolecular Hbond substituents is 1. The van der Waals surface area contributed by atoms with Gasteiger partial charge in [-0.25, -0.2) is 0 Å². The van der Waals surface area contributed by atoms with Crippen molar-refractivity contribution in [3.63, 3.8) is 0 Å². The van der Waals surface area contributed by atoms with E-state index in [1.807, 2.05) is 25.1 Å². The number of hydrogen-bond acceptors (Lipinski definition) is 2. The van der Waals surface area contributed by atoms with Crippen LogP contribution in [0, 0.1) is 6.92 Å². The molecule has 1 saturated heterocycles. The topological polar surface area (TPSA) is 32.3 Å². The molecule has 0 unspecified atom stereocenters. The van der Waals surface area contributed by atoms with Gasteiger partial charge in [0.15, 0.2) is 0 Å². The number of phenols is 1. The highest BCUT2D eigenvalue weighted by atomic mass is 16.3.